The molecule has 2 aromatic heterocycles. The highest BCUT2D eigenvalue weighted by atomic mass is 16.1. The van der Waals surface area contributed by atoms with Gasteiger partial charge in [-0.2, -0.15) is 0 Å². The maximum Gasteiger partial charge on any atom is 0.226 e. The topological polar surface area (TPSA) is 109 Å². The highest BCUT2D eigenvalue weighted by Crippen LogP contribution is 2.15. The minimum absolute atomic E-state index is 0.0619. The molecule has 0 radical (unpaired) electrons. The van der Waals surface area contributed by atoms with Gasteiger partial charge in [0, 0.05) is 35.4 Å². The van der Waals surface area contributed by atoms with E-state index in [2.05, 4.69) is 59.5 Å². The van der Waals surface area contributed by atoms with Gasteiger partial charge in [0.1, 0.15) is 11.7 Å². The molecule has 43 heavy (non-hydrogen) atoms. The zero-order valence-electron chi connectivity index (χ0n) is 24.9. The molecule has 1 amide bonds. The molecule has 0 aliphatic carbocycles. The molecule has 0 spiro atoms. The van der Waals surface area contributed by atoms with Gasteiger partial charge in [-0.1, -0.05) is 85.8 Å². The number of aromatic amines is 1. The molecule has 7 nitrogen and oxygen atoms in total. The van der Waals surface area contributed by atoms with Gasteiger partial charge < -0.3 is 15.2 Å². The fourth-order valence-corrected chi connectivity index (χ4v) is 4.68. The maximum atomic E-state index is 12.3. The van der Waals surface area contributed by atoms with Crippen LogP contribution in [0.15, 0.2) is 109 Å². The molecule has 220 valence electrons. The predicted octanol–water partition coefficient (Wildman–Crippen LogP) is 6.87. The summed E-state index contributed by atoms with van der Waals surface area (Å²) in [6.45, 7) is 4.71. The summed E-state index contributed by atoms with van der Waals surface area (Å²) in [5.74, 6) is 0.367. The van der Waals surface area contributed by atoms with E-state index in [1.807, 2.05) is 66.9 Å². The maximum absolute atomic E-state index is 12.3. The Bertz CT molecular complexity index is 1610. The summed E-state index contributed by atoms with van der Waals surface area (Å²) < 4.78 is 0. The third kappa shape index (κ3) is 9.50. The van der Waals surface area contributed by atoms with Crippen molar-refractivity contribution in [2.45, 2.75) is 46.1 Å². The standard InChI is InChI=1S/C27H31N5O.C9H9N/c1-2-21-11-13-23(14-12-21)20-32(25(28)16-15-22-8-4-3-5-9-22)26(29)19-31-27(33)18-24-10-6-7-17-30-24;1-7-6-10-9-5-3-2-4-8(7)9/h3-14,17,28-29H,2,15-16,18-20H2,1H3,(H,31,33);2-6,10H,1H3. The molecular weight excluding hydrogens is 532 g/mol. The van der Waals surface area contributed by atoms with Crippen molar-refractivity contribution >= 4 is 28.5 Å². The number of amides is 1. The first-order chi connectivity index (χ1) is 20.9. The fourth-order valence-electron chi connectivity index (χ4n) is 4.68. The lowest BCUT2D eigenvalue weighted by atomic mass is 10.1. The van der Waals surface area contributed by atoms with E-state index in [1.54, 1.807) is 17.2 Å². The molecule has 3 aromatic carbocycles. The second-order valence-corrected chi connectivity index (χ2v) is 10.4. The molecule has 0 aliphatic rings. The predicted molar refractivity (Wildman–Crippen MR) is 176 cm³/mol. The number of para-hydroxylation sites is 1. The molecule has 5 aromatic rings. The molecular formula is C36H40N6O. The van der Waals surface area contributed by atoms with E-state index in [4.69, 9.17) is 10.8 Å². The Morgan fingerprint density at radius 2 is 1.53 bits per heavy atom. The number of pyridine rings is 1. The van der Waals surface area contributed by atoms with Crippen LogP contribution in [0.4, 0.5) is 0 Å². The van der Waals surface area contributed by atoms with Crippen molar-refractivity contribution in [2.75, 3.05) is 6.54 Å². The lowest BCUT2D eigenvalue weighted by molar-refractivity contribution is -0.120. The van der Waals surface area contributed by atoms with Gasteiger partial charge in [-0.25, -0.2) is 0 Å². The SMILES string of the molecule is CCc1ccc(CN(C(=N)CCc2ccccc2)C(=N)CNC(=O)Cc2ccccn2)cc1.Cc1c[nH]c2ccccc12. The molecule has 0 aliphatic heterocycles. The van der Waals surface area contributed by atoms with E-state index < -0.39 is 0 Å². The molecule has 0 saturated carbocycles. The molecule has 2 heterocycles. The number of benzene rings is 3. The van der Waals surface area contributed by atoms with Crippen LogP contribution in [-0.4, -0.2) is 39.0 Å². The Morgan fingerprint density at radius 1 is 0.837 bits per heavy atom. The van der Waals surface area contributed by atoms with Crippen LogP contribution in [0.2, 0.25) is 0 Å². The van der Waals surface area contributed by atoms with Crippen molar-refractivity contribution in [1.29, 1.82) is 10.8 Å². The summed E-state index contributed by atoms with van der Waals surface area (Å²) in [6.07, 6.45) is 6.06. The third-order valence-electron chi connectivity index (χ3n) is 7.23. The Kier molecular flexibility index (Phi) is 11.4. The number of amidine groups is 2. The molecule has 7 heteroatoms. The fraction of sp³-hybridized carbons (Fsp3) is 0.222. The van der Waals surface area contributed by atoms with E-state index >= 15 is 0 Å². The van der Waals surface area contributed by atoms with Crippen LogP contribution in [-0.2, 0) is 30.6 Å². The molecule has 4 N–H and O–H groups in total. The molecule has 0 fully saturated rings. The van der Waals surface area contributed by atoms with E-state index in [0.29, 0.717) is 24.5 Å². The van der Waals surface area contributed by atoms with Crippen molar-refractivity contribution in [3.63, 3.8) is 0 Å². The molecule has 0 saturated heterocycles. The highest BCUT2D eigenvalue weighted by molar-refractivity contribution is 6.00. The Labute approximate surface area is 254 Å². The van der Waals surface area contributed by atoms with Crippen LogP contribution < -0.4 is 5.32 Å². The summed E-state index contributed by atoms with van der Waals surface area (Å²) in [5, 5.41) is 21.4. The number of H-pyrrole nitrogens is 1. The summed E-state index contributed by atoms with van der Waals surface area (Å²) in [5.41, 5.74) is 6.66. The van der Waals surface area contributed by atoms with Crippen LogP contribution in [0.3, 0.4) is 0 Å². The number of hydrogen-bond acceptors (Lipinski definition) is 4. The smallest absolute Gasteiger partial charge is 0.226 e. The van der Waals surface area contributed by atoms with Gasteiger partial charge >= 0.3 is 0 Å². The third-order valence-corrected chi connectivity index (χ3v) is 7.23. The Balaban J connectivity index is 0.000000353. The van der Waals surface area contributed by atoms with Crippen LogP contribution >= 0.6 is 0 Å². The average molecular weight is 573 g/mol. The number of hydrogen-bond donors (Lipinski definition) is 4. The number of aryl methyl sites for hydroxylation is 3. The van der Waals surface area contributed by atoms with E-state index in [-0.39, 0.29) is 24.7 Å². The number of carbonyl (C=O) groups is 1. The van der Waals surface area contributed by atoms with Crippen LogP contribution in [0.1, 0.15) is 41.3 Å². The Hall–Kier alpha value is -5.04. The van der Waals surface area contributed by atoms with Gasteiger partial charge in [-0.3, -0.25) is 20.6 Å². The first-order valence-corrected chi connectivity index (χ1v) is 14.7. The minimum atomic E-state index is -0.193. The highest BCUT2D eigenvalue weighted by Gasteiger charge is 2.17. The lowest BCUT2D eigenvalue weighted by Crippen LogP contribution is -2.43. The molecule has 0 bridgehead atoms. The van der Waals surface area contributed by atoms with Crippen LogP contribution in [0.5, 0.6) is 0 Å². The monoisotopic (exact) mass is 572 g/mol. The van der Waals surface area contributed by atoms with Crippen LogP contribution in [0.25, 0.3) is 10.9 Å². The van der Waals surface area contributed by atoms with Gasteiger partial charge in [-0.05, 0) is 60.2 Å². The van der Waals surface area contributed by atoms with Gasteiger partial charge in [0.25, 0.3) is 0 Å². The van der Waals surface area contributed by atoms with Crippen molar-refractivity contribution in [3.05, 3.63) is 137 Å². The van der Waals surface area contributed by atoms with Gasteiger partial charge in [0.2, 0.25) is 5.91 Å². The second kappa shape index (κ2) is 15.8. The number of nitrogens with zero attached hydrogens (tertiary/aromatic N) is 2. The van der Waals surface area contributed by atoms with Crippen molar-refractivity contribution in [2.24, 2.45) is 0 Å². The first kappa shape index (κ1) is 30.9. The summed E-state index contributed by atoms with van der Waals surface area (Å²) in [4.78, 5) is 21.4. The van der Waals surface area contributed by atoms with E-state index in [9.17, 15) is 4.79 Å². The normalized spacial score (nSPS) is 10.5. The van der Waals surface area contributed by atoms with E-state index in [1.165, 1.54) is 22.0 Å². The molecule has 0 unspecified atom stereocenters. The quantitative estimate of drug-likeness (QED) is 0.108. The summed E-state index contributed by atoms with van der Waals surface area (Å²) in [7, 11) is 0. The largest absolute Gasteiger partial charge is 0.361 e. The lowest BCUT2D eigenvalue weighted by Gasteiger charge is -2.26. The number of aromatic nitrogens is 2. The van der Waals surface area contributed by atoms with Crippen molar-refractivity contribution < 1.29 is 4.79 Å². The van der Waals surface area contributed by atoms with E-state index in [0.717, 1.165) is 24.0 Å². The molecule has 5 rings (SSSR count). The zero-order chi connectivity index (χ0) is 30.4. The zero-order valence-corrected chi connectivity index (χ0v) is 24.9. The first-order valence-electron chi connectivity index (χ1n) is 14.7. The minimum Gasteiger partial charge on any atom is -0.361 e. The molecule has 0 atom stereocenters. The summed E-state index contributed by atoms with van der Waals surface area (Å²) >= 11 is 0. The van der Waals surface area contributed by atoms with Gasteiger partial charge in [-0.15, -0.1) is 0 Å². The number of carbonyl (C=O) groups excluding carboxylic acids is 1. The average Bonchev–Trinajstić information content (AvgIpc) is 3.43. The number of rotatable bonds is 10. The van der Waals surface area contributed by atoms with Crippen molar-refractivity contribution in [1.82, 2.24) is 20.2 Å². The number of nitrogens with one attached hydrogen (secondary N) is 4. The summed E-state index contributed by atoms with van der Waals surface area (Å²) in [6, 6.07) is 32.1. The Morgan fingerprint density at radius 3 is 2.23 bits per heavy atom. The van der Waals surface area contributed by atoms with Gasteiger partial charge in [0.05, 0.1) is 19.5 Å². The van der Waals surface area contributed by atoms with Crippen LogP contribution in [0, 0.1) is 17.7 Å². The number of fused-ring (bicyclic) bond motifs is 1. The second-order valence-electron chi connectivity index (χ2n) is 10.4. The van der Waals surface area contributed by atoms with Crippen molar-refractivity contribution in [3.8, 4) is 0 Å². The van der Waals surface area contributed by atoms with Gasteiger partial charge in [0.15, 0.2) is 0 Å².